The van der Waals surface area contributed by atoms with Crippen molar-refractivity contribution in [2.45, 2.75) is 12.1 Å². The van der Waals surface area contributed by atoms with E-state index >= 15 is 0 Å². The molecule has 0 radical (unpaired) electrons. The molecule has 4 N–H and O–H groups in total. The standard InChI is InChI=1S/C9H10FNO3/c10-6-3-1-5(2-4-6)7(11)8(12)9(13)14/h1-4,7-8,12H,11H2,(H,13,14)/t7-,8+/m1/s1. The summed E-state index contributed by atoms with van der Waals surface area (Å²) in [6.07, 6.45) is -1.68. The fourth-order valence-corrected chi connectivity index (χ4v) is 1.02. The summed E-state index contributed by atoms with van der Waals surface area (Å²) in [4.78, 5) is 10.4. The summed E-state index contributed by atoms with van der Waals surface area (Å²) in [5, 5.41) is 17.6. The molecule has 0 saturated heterocycles. The van der Waals surface area contributed by atoms with Crippen LogP contribution in [0.3, 0.4) is 0 Å². The van der Waals surface area contributed by atoms with Crippen LogP contribution in [0.1, 0.15) is 11.6 Å². The average molecular weight is 199 g/mol. The van der Waals surface area contributed by atoms with Gasteiger partial charge in [0.15, 0.2) is 6.10 Å². The molecule has 2 atom stereocenters. The largest absolute Gasteiger partial charge is 0.479 e. The minimum Gasteiger partial charge on any atom is -0.479 e. The number of aliphatic hydroxyl groups excluding tert-OH is 1. The number of rotatable bonds is 3. The molecule has 0 bridgehead atoms. The van der Waals surface area contributed by atoms with E-state index in [1.54, 1.807) is 0 Å². The van der Waals surface area contributed by atoms with Crippen LogP contribution < -0.4 is 5.73 Å². The van der Waals surface area contributed by atoms with Crippen molar-refractivity contribution >= 4 is 5.97 Å². The Balaban J connectivity index is 2.84. The van der Waals surface area contributed by atoms with Gasteiger partial charge in [-0.25, -0.2) is 9.18 Å². The summed E-state index contributed by atoms with van der Waals surface area (Å²) >= 11 is 0. The van der Waals surface area contributed by atoms with E-state index in [4.69, 9.17) is 15.9 Å². The van der Waals surface area contributed by atoms with Crippen molar-refractivity contribution in [2.75, 3.05) is 0 Å². The van der Waals surface area contributed by atoms with Crippen LogP contribution in [0.25, 0.3) is 0 Å². The molecule has 0 fully saturated rings. The van der Waals surface area contributed by atoms with Crippen molar-refractivity contribution < 1.29 is 19.4 Å². The number of nitrogens with two attached hydrogens (primary N) is 1. The van der Waals surface area contributed by atoms with Gasteiger partial charge in [0.2, 0.25) is 0 Å². The first-order valence-corrected chi connectivity index (χ1v) is 3.94. The van der Waals surface area contributed by atoms with Gasteiger partial charge in [-0.2, -0.15) is 0 Å². The van der Waals surface area contributed by atoms with Crippen molar-refractivity contribution in [3.63, 3.8) is 0 Å². The van der Waals surface area contributed by atoms with Gasteiger partial charge in [-0.05, 0) is 17.7 Å². The van der Waals surface area contributed by atoms with Crippen molar-refractivity contribution in [1.82, 2.24) is 0 Å². The first-order valence-electron chi connectivity index (χ1n) is 3.94. The molecular formula is C9H10FNO3. The lowest BCUT2D eigenvalue weighted by molar-refractivity contribution is -0.147. The molecule has 5 heteroatoms. The van der Waals surface area contributed by atoms with Crippen LogP contribution >= 0.6 is 0 Å². The zero-order chi connectivity index (χ0) is 10.7. The lowest BCUT2D eigenvalue weighted by Gasteiger charge is -2.14. The topological polar surface area (TPSA) is 83.5 Å². The Hall–Kier alpha value is -1.46. The normalized spacial score (nSPS) is 14.8. The number of carboxylic acid groups (broad SMARTS) is 1. The SMILES string of the molecule is N[C@H](c1ccc(F)cc1)[C@H](O)C(=O)O. The van der Waals surface area contributed by atoms with Crippen molar-refractivity contribution in [2.24, 2.45) is 5.73 Å². The molecule has 0 aromatic heterocycles. The van der Waals surface area contributed by atoms with Crippen LogP contribution in [-0.2, 0) is 4.79 Å². The van der Waals surface area contributed by atoms with E-state index in [9.17, 15) is 9.18 Å². The molecule has 0 aliphatic rings. The Morgan fingerprint density at radius 1 is 1.36 bits per heavy atom. The molecule has 0 amide bonds. The number of aliphatic hydroxyl groups is 1. The Labute approximate surface area is 79.8 Å². The van der Waals surface area contributed by atoms with Crippen molar-refractivity contribution in [3.05, 3.63) is 35.6 Å². The first kappa shape index (κ1) is 10.6. The summed E-state index contributed by atoms with van der Waals surface area (Å²) in [7, 11) is 0. The third kappa shape index (κ3) is 2.27. The van der Waals surface area contributed by atoms with Crippen molar-refractivity contribution in [3.8, 4) is 0 Å². The Morgan fingerprint density at radius 2 is 1.86 bits per heavy atom. The monoisotopic (exact) mass is 199 g/mol. The quantitative estimate of drug-likeness (QED) is 0.652. The second-order valence-corrected chi connectivity index (χ2v) is 2.86. The molecule has 0 unspecified atom stereocenters. The number of halogens is 1. The summed E-state index contributed by atoms with van der Waals surface area (Å²) < 4.78 is 12.5. The highest BCUT2D eigenvalue weighted by Gasteiger charge is 2.23. The molecule has 1 aromatic carbocycles. The van der Waals surface area contributed by atoms with Gasteiger partial charge in [0, 0.05) is 0 Å². The molecule has 1 aromatic rings. The Morgan fingerprint density at radius 3 is 2.29 bits per heavy atom. The van der Waals surface area contributed by atoms with Crippen LogP contribution in [0.5, 0.6) is 0 Å². The third-order valence-corrected chi connectivity index (χ3v) is 1.85. The number of hydrogen-bond donors (Lipinski definition) is 3. The van der Waals surface area contributed by atoms with Crippen LogP contribution in [0.2, 0.25) is 0 Å². The van der Waals surface area contributed by atoms with Crippen LogP contribution in [0, 0.1) is 5.82 Å². The summed E-state index contributed by atoms with van der Waals surface area (Å²) in [6.45, 7) is 0. The van der Waals surface area contributed by atoms with Crippen molar-refractivity contribution in [1.29, 1.82) is 0 Å². The van der Waals surface area contributed by atoms with Gasteiger partial charge in [0.25, 0.3) is 0 Å². The second-order valence-electron chi connectivity index (χ2n) is 2.86. The highest BCUT2D eigenvalue weighted by Crippen LogP contribution is 2.14. The zero-order valence-corrected chi connectivity index (χ0v) is 7.22. The lowest BCUT2D eigenvalue weighted by atomic mass is 10.0. The highest BCUT2D eigenvalue weighted by molar-refractivity contribution is 5.73. The number of aliphatic carboxylic acids is 1. The fraction of sp³-hybridized carbons (Fsp3) is 0.222. The van der Waals surface area contributed by atoms with Gasteiger partial charge < -0.3 is 15.9 Å². The minimum absolute atomic E-state index is 0.376. The van der Waals surface area contributed by atoms with Crippen LogP contribution in [0.4, 0.5) is 4.39 Å². The second kappa shape index (κ2) is 4.17. The van der Waals surface area contributed by atoms with E-state index in [2.05, 4.69) is 0 Å². The molecule has 4 nitrogen and oxygen atoms in total. The fourth-order valence-electron chi connectivity index (χ4n) is 1.02. The smallest absolute Gasteiger partial charge is 0.334 e. The summed E-state index contributed by atoms with van der Waals surface area (Å²) in [5.41, 5.74) is 5.81. The minimum atomic E-state index is -1.68. The van der Waals surface area contributed by atoms with Gasteiger partial charge in [-0.1, -0.05) is 12.1 Å². The van der Waals surface area contributed by atoms with E-state index in [1.165, 1.54) is 12.1 Å². The van der Waals surface area contributed by atoms with E-state index in [-0.39, 0.29) is 0 Å². The van der Waals surface area contributed by atoms with Gasteiger partial charge >= 0.3 is 5.97 Å². The summed E-state index contributed by atoms with van der Waals surface area (Å²) in [6, 6.07) is 3.94. The molecule has 1 rings (SSSR count). The molecule has 0 aliphatic heterocycles. The van der Waals surface area contributed by atoms with E-state index in [0.29, 0.717) is 5.56 Å². The molecule has 14 heavy (non-hydrogen) atoms. The van der Waals surface area contributed by atoms with E-state index < -0.39 is 23.9 Å². The van der Waals surface area contributed by atoms with E-state index in [1.807, 2.05) is 0 Å². The first-order chi connectivity index (χ1) is 6.52. The zero-order valence-electron chi connectivity index (χ0n) is 7.22. The summed E-state index contributed by atoms with van der Waals surface area (Å²) in [5.74, 6) is -1.84. The van der Waals surface area contributed by atoms with Gasteiger partial charge in [0.1, 0.15) is 5.82 Å². The third-order valence-electron chi connectivity index (χ3n) is 1.85. The predicted molar refractivity (Wildman–Crippen MR) is 47.0 cm³/mol. The molecule has 76 valence electrons. The lowest BCUT2D eigenvalue weighted by Crippen LogP contribution is -2.33. The van der Waals surface area contributed by atoms with Gasteiger partial charge in [0.05, 0.1) is 6.04 Å². The number of hydrogen-bond acceptors (Lipinski definition) is 3. The average Bonchev–Trinajstić information content (AvgIpc) is 2.16. The molecule has 0 aliphatic carbocycles. The van der Waals surface area contributed by atoms with E-state index in [0.717, 1.165) is 12.1 Å². The molecule has 0 heterocycles. The van der Waals surface area contributed by atoms with Gasteiger partial charge in [-0.15, -0.1) is 0 Å². The molecule has 0 saturated carbocycles. The Kier molecular flexibility index (Phi) is 3.16. The maximum absolute atomic E-state index is 12.5. The maximum Gasteiger partial charge on any atom is 0.334 e. The number of carbonyl (C=O) groups is 1. The Bertz CT molecular complexity index is 325. The molecule has 0 spiro atoms. The number of benzene rings is 1. The molecular weight excluding hydrogens is 189 g/mol. The highest BCUT2D eigenvalue weighted by atomic mass is 19.1. The predicted octanol–water partition coefficient (Wildman–Crippen LogP) is 0.271. The number of carboxylic acids is 1. The van der Waals surface area contributed by atoms with Crippen LogP contribution in [0.15, 0.2) is 24.3 Å². The maximum atomic E-state index is 12.5. The van der Waals surface area contributed by atoms with Gasteiger partial charge in [-0.3, -0.25) is 0 Å². The van der Waals surface area contributed by atoms with Crippen LogP contribution in [-0.4, -0.2) is 22.3 Å².